The molecule has 11 nitrogen and oxygen atoms in total. The molecule has 1 spiro atoms. The minimum atomic E-state index is -1.23. The first-order valence-corrected chi connectivity index (χ1v) is 15.5. The molecule has 45 heavy (non-hydrogen) atoms. The summed E-state index contributed by atoms with van der Waals surface area (Å²) in [6, 6.07) is 8.91. The summed E-state index contributed by atoms with van der Waals surface area (Å²) < 4.78 is 18.8. The van der Waals surface area contributed by atoms with E-state index in [4.69, 9.17) is 19.9 Å². The van der Waals surface area contributed by atoms with Crippen LogP contribution in [0.1, 0.15) is 50.9 Å². The third kappa shape index (κ3) is 7.51. The van der Waals surface area contributed by atoms with Gasteiger partial charge in [0, 0.05) is 68.3 Å². The van der Waals surface area contributed by atoms with Crippen LogP contribution in [0.3, 0.4) is 0 Å². The van der Waals surface area contributed by atoms with Crippen molar-refractivity contribution in [2.24, 2.45) is 5.41 Å². The van der Waals surface area contributed by atoms with Gasteiger partial charge >= 0.3 is 5.97 Å². The summed E-state index contributed by atoms with van der Waals surface area (Å²) in [5.74, 6) is -1.19. The van der Waals surface area contributed by atoms with Gasteiger partial charge in [0.15, 0.2) is 0 Å². The molecule has 12 heteroatoms. The Morgan fingerprint density at radius 2 is 1.87 bits per heavy atom. The number of fused-ring (bicyclic) bond motifs is 1. The molecule has 0 aliphatic carbocycles. The van der Waals surface area contributed by atoms with Gasteiger partial charge < -0.3 is 30.1 Å². The van der Waals surface area contributed by atoms with Crippen LogP contribution in [-0.2, 0) is 31.0 Å². The fourth-order valence-corrected chi connectivity index (χ4v) is 6.59. The number of aliphatic hydroxyl groups excluding tert-OH is 1. The number of aliphatic carboxylic acids is 1. The van der Waals surface area contributed by atoms with Crippen molar-refractivity contribution in [2.75, 3.05) is 57.4 Å². The molecular weight excluding hydrogens is 581 g/mol. The number of hydrogen-bond donors (Lipinski definition) is 3. The van der Waals surface area contributed by atoms with Crippen LogP contribution in [-0.4, -0.2) is 113 Å². The van der Waals surface area contributed by atoms with E-state index in [0.717, 1.165) is 42.1 Å². The number of carbonyl (C=O) groups is 3. The number of aromatic nitrogens is 1. The number of piperazine rings is 1. The highest BCUT2D eigenvalue weighted by Gasteiger charge is 2.49. The quantitative estimate of drug-likeness (QED) is 0.421. The van der Waals surface area contributed by atoms with E-state index in [2.05, 4.69) is 37.1 Å². The lowest BCUT2D eigenvalue weighted by Gasteiger charge is -2.42. The SMILES string of the molecule is CC(O)C(=O)O.C[C@@H]1CN(CC(=O)N2CC(C)(C)c3ncc(Cc4ccc(F)cc4)cc32)[C@@H](CN2CC3(COC3)CC2=O)CN1. The standard InChI is InChI=1S/C30H38FN5O3.C3H6O3/c1-20-13-34(24(12-32-20)14-35-17-30(10-26(35)37)18-39-19-30)15-27(38)36-16-29(2,3)28-25(36)9-22(11-33-28)8-21-4-6-23(31)7-5-21;1-2(4)3(5)6/h4-7,9,11,20,24,32H,8,10,12-19H2,1-3H3;2,4H,1H3,(H,5,6)/t20-,24-;/m1./s1. The number of carboxylic acid groups (broad SMARTS) is 1. The molecule has 3 atom stereocenters. The maximum absolute atomic E-state index is 13.9. The number of anilines is 1. The summed E-state index contributed by atoms with van der Waals surface area (Å²) in [7, 11) is 0. The number of halogens is 1. The summed E-state index contributed by atoms with van der Waals surface area (Å²) in [5, 5.41) is 19.3. The molecular formula is C33H44FN5O6. The van der Waals surface area contributed by atoms with E-state index in [1.807, 2.05) is 16.0 Å². The number of hydrogen-bond acceptors (Lipinski definition) is 8. The zero-order chi connectivity index (χ0) is 32.5. The number of benzene rings is 1. The molecule has 0 saturated carbocycles. The van der Waals surface area contributed by atoms with Crippen LogP contribution >= 0.6 is 0 Å². The molecule has 1 aromatic carbocycles. The Bertz CT molecular complexity index is 1410. The number of carbonyl (C=O) groups excluding carboxylic acids is 2. The molecule has 4 aliphatic heterocycles. The fourth-order valence-electron chi connectivity index (χ4n) is 6.59. The van der Waals surface area contributed by atoms with Crippen molar-refractivity contribution in [3.63, 3.8) is 0 Å². The first-order chi connectivity index (χ1) is 21.2. The smallest absolute Gasteiger partial charge is 0.332 e. The van der Waals surface area contributed by atoms with Crippen molar-refractivity contribution < 1.29 is 33.7 Å². The molecule has 6 rings (SSSR count). The van der Waals surface area contributed by atoms with Gasteiger partial charge in [-0.1, -0.05) is 26.0 Å². The number of nitrogens with one attached hydrogen (secondary N) is 1. The van der Waals surface area contributed by atoms with E-state index < -0.39 is 12.1 Å². The van der Waals surface area contributed by atoms with Crippen molar-refractivity contribution in [3.05, 3.63) is 59.2 Å². The first kappa shape index (κ1) is 32.9. The van der Waals surface area contributed by atoms with Gasteiger partial charge in [0.05, 0.1) is 31.1 Å². The van der Waals surface area contributed by atoms with E-state index in [1.165, 1.54) is 19.1 Å². The van der Waals surface area contributed by atoms with Crippen molar-refractivity contribution in [1.82, 2.24) is 20.1 Å². The molecule has 3 fully saturated rings. The predicted molar refractivity (Wildman–Crippen MR) is 165 cm³/mol. The van der Waals surface area contributed by atoms with E-state index in [9.17, 15) is 18.8 Å². The predicted octanol–water partition coefficient (Wildman–Crippen LogP) is 1.80. The zero-order valence-electron chi connectivity index (χ0n) is 26.5. The molecule has 3 N–H and O–H groups in total. The Morgan fingerprint density at radius 1 is 1.18 bits per heavy atom. The van der Waals surface area contributed by atoms with Gasteiger partial charge in [0.25, 0.3) is 0 Å². The average Bonchev–Trinajstić information content (AvgIpc) is 3.45. The minimum Gasteiger partial charge on any atom is -0.479 e. The number of amides is 2. The minimum absolute atomic E-state index is 0.00339. The molecule has 0 radical (unpaired) electrons. The van der Waals surface area contributed by atoms with Crippen molar-refractivity contribution >= 4 is 23.5 Å². The highest BCUT2D eigenvalue weighted by atomic mass is 19.1. The van der Waals surface area contributed by atoms with Crippen molar-refractivity contribution in [3.8, 4) is 0 Å². The lowest BCUT2D eigenvalue weighted by Crippen LogP contribution is -2.61. The zero-order valence-corrected chi connectivity index (χ0v) is 26.5. The second kappa shape index (κ2) is 13.1. The van der Waals surface area contributed by atoms with Gasteiger partial charge in [-0.2, -0.15) is 0 Å². The Hall–Kier alpha value is -3.45. The number of rotatable bonds is 7. The molecule has 1 aromatic heterocycles. The lowest BCUT2D eigenvalue weighted by molar-refractivity contribution is -0.145. The molecule has 244 valence electrons. The summed E-state index contributed by atoms with van der Waals surface area (Å²) in [6.07, 6.45) is 1.83. The number of aliphatic hydroxyl groups is 1. The second-order valence-electron chi connectivity index (χ2n) is 13.7. The highest BCUT2D eigenvalue weighted by molar-refractivity contribution is 5.97. The van der Waals surface area contributed by atoms with E-state index in [-0.39, 0.29) is 40.5 Å². The van der Waals surface area contributed by atoms with Gasteiger partial charge in [0.2, 0.25) is 11.8 Å². The molecule has 4 aliphatic rings. The number of ether oxygens (including phenoxy) is 1. The largest absolute Gasteiger partial charge is 0.479 e. The third-order valence-electron chi connectivity index (χ3n) is 9.11. The van der Waals surface area contributed by atoms with Gasteiger partial charge in [-0.3, -0.25) is 19.5 Å². The van der Waals surface area contributed by atoms with Crippen LogP contribution in [0.25, 0.3) is 0 Å². The topological polar surface area (TPSA) is 136 Å². The number of carboxylic acids is 1. The Kier molecular flexibility index (Phi) is 9.60. The summed E-state index contributed by atoms with van der Waals surface area (Å²) in [6.45, 7) is 12.6. The number of nitrogens with zero attached hydrogens (tertiary/aromatic N) is 4. The van der Waals surface area contributed by atoms with Crippen LogP contribution in [0.4, 0.5) is 10.1 Å². The summed E-state index contributed by atoms with van der Waals surface area (Å²) in [4.78, 5) is 47.0. The fraction of sp³-hybridized carbons (Fsp3) is 0.576. The molecule has 3 saturated heterocycles. The average molecular weight is 626 g/mol. The monoisotopic (exact) mass is 625 g/mol. The van der Waals surface area contributed by atoms with Crippen LogP contribution in [0.5, 0.6) is 0 Å². The Balaban J connectivity index is 0.000000609. The van der Waals surface area contributed by atoms with Gasteiger partial charge in [0.1, 0.15) is 11.9 Å². The first-order valence-electron chi connectivity index (χ1n) is 15.5. The second-order valence-corrected chi connectivity index (χ2v) is 13.7. The van der Waals surface area contributed by atoms with Crippen LogP contribution in [0, 0.1) is 11.2 Å². The lowest BCUT2D eigenvalue weighted by atomic mass is 9.85. The van der Waals surface area contributed by atoms with E-state index in [0.29, 0.717) is 45.7 Å². The van der Waals surface area contributed by atoms with Crippen molar-refractivity contribution in [2.45, 2.75) is 64.1 Å². The maximum atomic E-state index is 13.9. The highest BCUT2D eigenvalue weighted by Crippen LogP contribution is 2.40. The Labute approximate surface area is 263 Å². The molecule has 2 amide bonds. The number of likely N-dealkylation sites (tertiary alicyclic amines) is 1. The molecule has 2 aromatic rings. The number of pyridine rings is 1. The maximum Gasteiger partial charge on any atom is 0.332 e. The third-order valence-corrected chi connectivity index (χ3v) is 9.11. The summed E-state index contributed by atoms with van der Waals surface area (Å²) in [5.41, 5.74) is 3.53. The van der Waals surface area contributed by atoms with E-state index in [1.54, 1.807) is 12.1 Å². The normalized spacial score (nSPS) is 24.1. The molecule has 0 bridgehead atoms. The van der Waals surface area contributed by atoms with Gasteiger partial charge in [-0.15, -0.1) is 0 Å². The molecule has 1 unspecified atom stereocenters. The van der Waals surface area contributed by atoms with Crippen molar-refractivity contribution in [1.29, 1.82) is 0 Å². The van der Waals surface area contributed by atoms with E-state index >= 15 is 0 Å². The van der Waals surface area contributed by atoms with Gasteiger partial charge in [-0.05, 0) is 49.6 Å². The Morgan fingerprint density at radius 3 is 2.47 bits per heavy atom. The summed E-state index contributed by atoms with van der Waals surface area (Å²) >= 11 is 0. The molecule has 5 heterocycles. The van der Waals surface area contributed by atoms with Gasteiger partial charge in [-0.25, -0.2) is 9.18 Å². The van der Waals surface area contributed by atoms with Crippen LogP contribution in [0.2, 0.25) is 0 Å². The van der Waals surface area contributed by atoms with Crippen LogP contribution in [0.15, 0.2) is 36.5 Å². The van der Waals surface area contributed by atoms with Crippen LogP contribution < -0.4 is 10.2 Å².